The number of carbonyl (C=O) groups is 1. The summed E-state index contributed by atoms with van der Waals surface area (Å²) in [5.41, 5.74) is 0.708. The Kier molecular flexibility index (Phi) is 4.57. The van der Waals surface area contributed by atoms with Crippen LogP contribution in [0.25, 0.3) is 0 Å². The highest BCUT2D eigenvalue weighted by atomic mass is 19.2. The van der Waals surface area contributed by atoms with Crippen molar-refractivity contribution in [3.63, 3.8) is 0 Å². The van der Waals surface area contributed by atoms with Gasteiger partial charge in [0.15, 0.2) is 11.6 Å². The second-order valence-electron chi connectivity index (χ2n) is 4.44. The number of nitrogens with zero attached hydrogens (tertiary/aromatic N) is 2. The summed E-state index contributed by atoms with van der Waals surface area (Å²) in [6.45, 7) is 2.26. The zero-order valence-electron chi connectivity index (χ0n) is 11.3. The van der Waals surface area contributed by atoms with Crippen LogP contribution in [0.15, 0.2) is 36.5 Å². The minimum atomic E-state index is -0.959. The summed E-state index contributed by atoms with van der Waals surface area (Å²) in [7, 11) is 0. The van der Waals surface area contributed by atoms with E-state index >= 15 is 0 Å². The van der Waals surface area contributed by atoms with E-state index in [2.05, 4.69) is 4.98 Å². The van der Waals surface area contributed by atoms with Crippen LogP contribution in [-0.2, 0) is 6.54 Å². The zero-order chi connectivity index (χ0) is 15.4. The Morgan fingerprint density at radius 1 is 1.14 bits per heavy atom. The van der Waals surface area contributed by atoms with E-state index < -0.39 is 17.6 Å². The molecule has 1 heterocycles. The van der Waals surface area contributed by atoms with Crippen molar-refractivity contribution in [2.24, 2.45) is 0 Å². The third-order valence-electron chi connectivity index (χ3n) is 3.00. The molecule has 0 saturated heterocycles. The summed E-state index contributed by atoms with van der Waals surface area (Å²) in [6, 6.07) is 5.91. The van der Waals surface area contributed by atoms with Crippen LogP contribution in [0.5, 0.6) is 0 Å². The molecule has 0 N–H and O–H groups in total. The molecule has 1 aromatic carbocycles. The SMILES string of the molecule is CCN(Cc1ccc(F)c(F)c1)C(=O)c1ccc(F)nc1. The van der Waals surface area contributed by atoms with Crippen LogP contribution in [0.2, 0.25) is 0 Å². The number of hydrogen-bond acceptors (Lipinski definition) is 2. The molecular weight excluding hydrogens is 281 g/mol. The van der Waals surface area contributed by atoms with Gasteiger partial charge in [0.25, 0.3) is 5.91 Å². The molecule has 0 unspecified atom stereocenters. The monoisotopic (exact) mass is 294 g/mol. The normalized spacial score (nSPS) is 10.5. The van der Waals surface area contributed by atoms with Gasteiger partial charge in [-0.25, -0.2) is 13.8 Å². The van der Waals surface area contributed by atoms with Crippen LogP contribution in [-0.4, -0.2) is 22.3 Å². The van der Waals surface area contributed by atoms with E-state index in [-0.39, 0.29) is 18.0 Å². The number of amides is 1. The Hall–Kier alpha value is -2.37. The van der Waals surface area contributed by atoms with Gasteiger partial charge in [-0.2, -0.15) is 4.39 Å². The van der Waals surface area contributed by atoms with E-state index in [1.165, 1.54) is 17.0 Å². The molecule has 3 nitrogen and oxygen atoms in total. The van der Waals surface area contributed by atoms with Crippen molar-refractivity contribution in [1.29, 1.82) is 0 Å². The van der Waals surface area contributed by atoms with Crippen molar-refractivity contribution in [3.05, 3.63) is 65.2 Å². The van der Waals surface area contributed by atoms with Crippen LogP contribution in [0.4, 0.5) is 13.2 Å². The van der Waals surface area contributed by atoms with Gasteiger partial charge in [0.1, 0.15) is 0 Å². The molecule has 21 heavy (non-hydrogen) atoms. The van der Waals surface area contributed by atoms with Crippen LogP contribution < -0.4 is 0 Å². The highest BCUT2D eigenvalue weighted by Gasteiger charge is 2.15. The molecule has 0 radical (unpaired) electrons. The Balaban J connectivity index is 2.17. The van der Waals surface area contributed by atoms with Crippen LogP contribution in [0.1, 0.15) is 22.8 Å². The van der Waals surface area contributed by atoms with Crippen LogP contribution in [0, 0.1) is 17.6 Å². The van der Waals surface area contributed by atoms with Gasteiger partial charge in [0.05, 0.1) is 5.56 Å². The second-order valence-corrected chi connectivity index (χ2v) is 4.44. The summed E-state index contributed by atoms with van der Waals surface area (Å²) in [6.07, 6.45) is 1.14. The molecule has 1 amide bonds. The molecule has 2 rings (SSSR count). The molecule has 0 saturated carbocycles. The molecule has 0 bridgehead atoms. The standard InChI is InChI=1S/C15H13F3N2O/c1-2-20(9-10-3-5-12(16)13(17)7-10)15(21)11-4-6-14(18)19-8-11/h3-8H,2,9H2,1H3. The molecule has 0 aliphatic carbocycles. The second kappa shape index (κ2) is 6.39. The first-order valence-electron chi connectivity index (χ1n) is 6.36. The Labute approximate surface area is 120 Å². The lowest BCUT2D eigenvalue weighted by molar-refractivity contribution is 0.0752. The highest BCUT2D eigenvalue weighted by Crippen LogP contribution is 2.13. The number of aromatic nitrogens is 1. The highest BCUT2D eigenvalue weighted by molar-refractivity contribution is 5.93. The number of rotatable bonds is 4. The third kappa shape index (κ3) is 3.59. The van der Waals surface area contributed by atoms with E-state index in [4.69, 9.17) is 0 Å². The fourth-order valence-corrected chi connectivity index (χ4v) is 1.87. The largest absolute Gasteiger partial charge is 0.335 e. The Morgan fingerprint density at radius 3 is 2.48 bits per heavy atom. The third-order valence-corrected chi connectivity index (χ3v) is 3.00. The quantitative estimate of drug-likeness (QED) is 0.812. The van der Waals surface area contributed by atoms with E-state index in [1.807, 2.05) is 0 Å². The molecule has 0 fully saturated rings. The smallest absolute Gasteiger partial charge is 0.255 e. The van der Waals surface area contributed by atoms with E-state index in [0.717, 1.165) is 24.4 Å². The van der Waals surface area contributed by atoms with E-state index in [1.54, 1.807) is 6.92 Å². The molecule has 6 heteroatoms. The predicted octanol–water partition coefficient (Wildman–Crippen LogP) is 3.16. The van der Waals surface area contributed by atoms with Crippen molar-refractivity contribution in [2.45, 2.75) is 13.5 Å². The lowest BCUT2D eigenvalue weighted by Crippen LogP contribution is -2.30. The van der Waals surface area contributed by atoms with Crippen molar-refractivity contribution >= 4 is 5.91 Å². The molecule has 0 spiro atoms. The molecule has 0 aliphatic rings. The minimum absolute atomic E-state index is 0.129. The number of hydrogen-bond donors (Lipinski definition) is 0. The number of halogens is 3. The van der Waals surface area contributed by atoms with Gasteiger partial charge >= 0.3 is 0 Å². The van der Waals surface area contributed by atoms with Gasteiger partial charge in [-0.05, 0) is 36.8 Å². The summed E-state index contributed by atoms with van der Waals surface area (Å²) >= 11 is 0. The fourth-order valence-electron chi connectivity index (χ4n) is 1.87. The van der Waals surface area contributed by atoms with Gasteiger partial charge in [-0.15, -0.1) is 0 Å². The minimum Gasteiger partial charge on any atom is -0.335 e. The first kappa shape index (κ1) is 15.0. The lowest BCUT2D eigenvalue weighted by Gasteiger charge is -2.21. The van der Waals surface area contributed by atoms with Crippen molar-refractivity contribution < 1.29 is 18.0 Å². The summed E-state index contributed by atoms with van der Waals surface area (Å²) < 4.78 is 38.8. The van der Waals surface area contributed by atoms with Crippen LogP contribution in [0.3, 0.4) is 0 Å². The van der Waals surface area contributed by atoms with Crippen molar-refractivity contribution in [2.75, 3.05) is 6.54 Å². The number of pyridine rings is 1. The average molecular weight is 294 g/mol. The number of benzene rings is 1. The lowest BCUT2D eigenvalue weighted by atomic mass is 10.1. The van der Waals surface area contributed by atoms with Gasteiger partial charge < -0.3 is 4.90 Å². The first-order valence-corrected chi connectivity index (χ1v) is 6.36. The maximum Gasteiger partial charge on any atom is 0.255 e. The molecule has 0 aliphatic heterocycles. The topological polar surface area (TPSA) is 33.2 Å². The van der Waals surface area contributed by atoms with Crippen molar-refractivity contribution in [1.82, 2.24) is 9.88 Å². The molecule has 110 valence electrons. The van der Waals surface area contributed by atoms with E-state index in [0.29, 0.717) is 12.1 Å². The first-order chi connectivity index (χ1) is 10.0. The molecule has 2 aromatic rings. The zero-order valence-corrected chi connectivity index (χ0v) is 11.3. The summed E-state index contributed by atoms with van der Waals surface area (Å²) in [5.74, 6) is -2.92. The molecule has 1 aromatic heterocycles. The maximum atomic E-state index is 13.2. The van der Waals surface area contributed by atoms with Crippen LogP contribution >= 0.6 is 0 Å². The van der Waals surface area contributed by atoms with Gasteiger partial charge in [0.2, 0.25) is 5.95 Å². The van der Waals surface area contributed by atoms with Gasteiger partial charge in [-0.3, -0.25) is 4.79 Å². The summed E-state index contributed by atoms with van der Waals surface area (Å²) in [5, 5.41) is 0. The predicted molar refractivity (Wildman–Crippen MR) is 71.0 cm³/mol. The summed E-state index contributed by atoms with van der Waals surface area (Å²) in [4.78, 5) is 17.1. The molecular formula is C15H13F3N2O. The number of carbonyl (C=O) groups excluding carboxylic acids is 1. The Bertz CT molecular complexity index is 644. The fraction of sp³-hybridized carbons (Fsp3) is 0.200. The maximum absolute atomic E-state index is 13.2. The van der Waals surface area contributed by atoms with E-state index in [9.17, 15) is 18.0 Å². The van der Waals surface area contributed by atoms with Gasteiger partial charge in [0, 0.05) is 19.3 Å². The van der Waals surface area contributed by atoms with Crippen molar-refractivity contribution in [3.8, 4) is 0 Å². The molecule has 0 atom stereocenters. The Morgan fingerprint density at radius 2 is 1.90 bits per heavy atom. The average Bonchev–Trinajstić information content (AvgIpc) is 2.48. The van der Waals surface area contributed by atoms with Gasteiger partial charge in [-0.1, -0.05) is 6.07 Å².